The molecule has 2 heterocycles. The minimum Gasteiger partial charge on any atom is -0.446 e. The molecule has 0 aliphatic heterocycles. The normalized spacial score (nSPS) is 12.0. The number of thiophene rings is 1. The van der Waals surface area contributed by atoms with Crippen molar-refractivity contribution in [2.24, 2.45) is 0 Å². The maximum absolute atomic E-state index is 12.7. The van der Waals surface area contributed by atoms with Crippen LogP contribution >= 0.6 is 11.3 Å². The van der Waals surface area contributed by atoms with Crippen LogP contribution in [0, 0.1) is 13.8 Å². The van der Waals surface area contributed by atoms with Gasteiger partial charge < -0.3 is 9.64 Å². The fraction of sp³-hybridized carbons (Fsp3) is 0.300. The first-order valence-electron chi connectivity index (χ1n) is 8.70. The SMILES string of the molecule is Cc1sc2ncn(CC(=O)O[C@H](C(=O)N(C)C)c3ccccc3)c(=O)c2c1C. The van der Waals surface area contributed by atoms with Gasteiger partial charge in [-0.1, -0.05) is 30.3 Å². The molecular formula is C20H21N3O4S. The quantitative estimate of drug-likeness (QED) is 0.616. The molecule has 1 amide bonds. The van der Waals surface area contributed by atoms with Crippen LogP contribution in [0.2, 0.25) is 0 Å². The van der Waals surface area contributed by atoms with Gasteiger partial charge in [-0.05, 0) is 19.4 Å². The minimum atomic E-state index is -1.07. The molecule has 3 aromatic rings. The fourth-order valence-corrected chi connectivity index (χ4v) is 3.80. The van der Waals surface area contributed by atoms with E-state index in [0.29, 0.717) is 15.8 Å². The summed E-state index contributed by atoms with van der Waals surface area (Å²) in [5.74, 6) is -1.04. The van der Waals surface area contributed by atoms with Crippen LogP contribution in [-0.4, -0.2) is 40.4 Å². The molecule has 0 radical (unpaired) electrons. The highest BCUT2D eigenvalue weighted by Gasteiger charge is 2.26. The van der Waals surface area contributed by atoms with Gasteiger partial charge in [0.15, 0.2) is 0 Å². The van der Waals surface area contributed by atoms with Crippen LogP contribution < -0.4 is 5.56 Å². The van der Waals surface area contributed by atoms with E-state index in [1.807, 2.05) is 19.9 Å². The highest BCUT2D eigenvalue weighted by atomic mass is 32.1. The first-order chi connectivity index (χ1) is 13.3. The van der Waals surface area contributed by atoms with Gasteiger partial charge >= 0.3 is 5.97 Å². The molecule has 0 fully saturated rings. The monoisotopic (exact) mass is 399 g/mol. The molecule has 2 aromatic heterocycles. The zero-order valence-electron chi connectivity index (χ0n) is 16.1. The summed E-state index contributed by atoms with van der Waals surface area (Å²) in [5, 5.41) is 0.516. The van der Waals surface area contributed by atoms with Gasteiger partial charge in [0.1, 0.15) is 11.4 Å². The van der Waals surface area contributed by atoms with Crippen molar-refractivity contribution in [3.8, 4) is 0 Å². The fourth-order valence-electron chi connectivity index (χ4n) is 2.81. The Hall–Kier alpha value is -3.00. The van der Waals surface area contributed by atoms with Crippen molar-refractivity contribution < 1.29 is 14.3 Å². The van der Waals surface area contributed by atoms with Crippen molar-refractivity contribution in [2.45, 2.75) is 26.5 Å². The Morgan fingerprint density at radius 1 is 1.21 bits per heavy atom. The Morgan fingerprint density at radius 2 is 1.89 bits per heavy atom. The number of aromatic nitrogens is 2. The van der Waals surface area contributed by atoms with Gasteiger partial charge in [0.2, 0.25) is 6.10 Å². The highest BCUT2D eigenvalue weighted by molar-refractivity contribution is 7.18. The van der Waals surface area contributed by atoms with Gasteiger partial charge in [-0.2, -0.15) is 0 Å². The number of hydrogen-bond acceptors (Lipinski definition) is 6. The van der Waals surface area contributed by atoms with Gasteiger partial charge in [0.25, 0.3) is 11.5 Å². The molecule has 1 aromatic carbocycles. The van der Waals surface area contributed by atoms with Gasteiger partial charge in [-0.3, -0.25) is 19.0 Å². The lowest BCUT2D eigenvalue weighted by molar-refractivity contribution is -0.160. The second-order valence-corrected chi connectivity index (χ2v) is 7.86. The van der Waals surface area contributed by atoms with E-state index in [1.54, 1.807) is 38.4 Å². The zero-order valence-corrected chi connectivity index (χ0v) is 16.9. The number of aryl methyl sites for hydroxylation is 2. The smallest absolute Gasteiger partial charge is 0.327 e. The van der Waals surface area contributed by atoms with Gasteiger partial charge in [0.05, 0.1) is 11.7 Å². The van der Waals surface area contributed by atoms with E-state index >= 15 is 0 Å². The van der Waals surface area contributed by atoms with Crippen LogP contribution in [0.1, 0.15) is 22.1 Å². The van der Waals surface area contributed by atoms with E-state index in [4.69, 9.17) is 4.74 Å². The number of benzene rings is 1. The summed E-state index contributed by atoms with van der Waals surface area (Å²) in [4.78, 5) is 45.1. The predicted molar refractivity (Wildman–Crippen MR) is 107 cm³/mol. The molecule has 0 saturated carbocycles. The Labute approximate surface area is 166 Å². The summed E-state index contributed by atoms with van der Waals surface area (Å²) in [7, 11) is 3.19. The molecule has 0 aliphatic carbocycles. The number of likely N-dealkylation sites (N-methyl/N-ethyl adjacent to an activating group) is 1. The maximum Gasteiger partial charge on any atom is 0.327 e. The first kappa shape index (κ1) is 19.8. The van der Waals surface area contributed by atoms with E-state index in [-0.39, 0.29) is 18.0 Å². The summed E-state index contributed by atoms with van der Waals surface area (Å²) in [6.07, 6.45) is 0.272. The van der Waals surface area contributed by atoms with Crippen LogP contribution in [0.3, 0.4) is 0 Å². The number of fused-ring (bicyclic) bond motifs is 1. The van der Waals surface area contributed by atoms with E-state index in [0.717, 1.165) is 10.4 Å². The lowest BCUT2D eigenvalue weighted by Gasteiger charge is -2.21. The molecule has 28 heavy (non-hydrogen) atoms. The predicted octanol–water partition coefficient (Wildman–Crippen LogP) is 2.45. The molecule has 1 atom stereocenters. The summed E-state index contributed by atoms with van der Waals surface area (Å²) < 4.78 is 6.67. The Balaban J connectivity index is 1.86. The van der Waals surface area contributed by atoms with Gasteiger partial charge in [-0.15, -0.1) is 11.3 Å². The third-order valence-corrected chi connectivity index (χ3v) is 5.59. The highest BCUT2D eigenvalue weighted by Crippen LogP contribution is 2.25. The average Bonchev–Trinajstić information content (AvgIpc) is 2.97. The summed E-state index contributed by atoms with van der Waals surface area (Å²) in [5.41, 5.74) is 1.14. The molecule has 0 unspecified atom stereocenters. The molecule has 3 rings (SSSR count). The topological polar surface area (TPSA) is 81.5 Å². The number of nitrogens with zero attached hydrogens (tertiary/aromatic N) is 3. The number of carbonyl (C=O) groups excluding carboxylic acids is 2. The van der Waals surface area contributed by atoms with Crippen molar-refractivity contribution in [1.82, 2.24) is 14.5 Å². The largest absolute Gasteiger partial charge is 0.446 e. The molecule has 0 N–H and O–H groups in total. The number of hydrogen-bond donors (Lipinski definition) is 0. The maximum atomic E-state index is 12.7. The van der Waals surface area contributed by atoms with Crippen LogP contribution in [0.4, 0.5) is 0 Å². The van der Waals surface area contributed by atoms with Crippen molar-refractivity contribution >= 4 is 33.4 Å². The van der Waals surface area contributed by atoms with Crippen molar-refractivity contribution in [1.29, 1.82) is 0 Å². The van der Waals surface area contributed by atoms with Gasteiger partial charge in [-0.25, -0.2) is 4.98 Å². The second kappa shape index (κ2) is 7.93. The second-order valence-electron chi connectivity index (χ2n) is 6.65. The Bertz CT molecular complexity index is 1090. The average molecular weight is 399 g/mol. The standard InChI is InChI=1S/C20H21N3O4S/c1-12-13(2)28-18-16(12)19(25)23(11-21-18)10-15(24)27-17(20(26)22(3)4)14-8-6-5-7-9-14/h5-9,11,17H,10H2,1-4H3/t17-/m0/s1. The van der Waals surface area contributed by atoms with Crippen LogP contribution in [0.25, 0.3) is 10.2 Å². The molecule has 0 spiro atoms. The minimum absolute atomic E-state index is 0.293. The van der Waals surface area contributed by atoms with Crippen molar-refractivity contribution in [3.63, 3.8) is 0 Å². The van der Waals surface area contributed by atoms with Crippen LogP contribution in [0.5, 0.6) is 0 Å². The Kier molecular flexibility index (Phi) is 5.60. The number of amides is 1. The van der Waals surface area contributed by atoms with Crippen molar-refractivity contribution in [2.75, 3.05) is 14.1 Å². The Morgan fingerprint density at radius 3 is 2.54 bits per heavy atom. The first-order valence-corrected chi connectivity index (χ1v) is 9.52. The molecule has 146 valence electrons. The van der Waals surface area contributed by atoms with Gasteiger partial charge in [0, 0.05) is 24.5 Å². The van der Waals surface area contributed by atoms with E-state index in [9.17, 15) is 14.4 Å². The summed E-state index contributed by atoms with van der Waals surface area (Å²) in [6.45, 7) is 3.47. The van der Waals surface area contributed by atoms with Crippen molar-refractivity contribution in [3.05, 3.63) is 63.0 Å². The van der Waals surface area contributed by atoms with E-state index in [1.165, 1.54) is 27.1 Å². The lowest BCUT2D eigenvalue weighted by atomic mass is 10.1. The third kappa shape index (κ3) is 3.82. The number of esters is 1. The number of carbonyl (C=O) groups is 2. The van der Waals surface area contributed by atoms with E-state index in [2.05, 4.69) is 4.98 Å². The number of rotatable bonds is 5. The van der Waals surface area contributed by atoms with E-state index < -0.39 is 12.1 Å². The molecule has 8 heteroatoms. The molecule has 0 saturated heterocycles. The molecule has 0 aliphatic rings. The summed E-state index contributed by atoms with van der Waals surface area (Å²) in [6, 6.07) is 8.79. The number of ether oxygens (including phenoxy) is 1. The van der Waals surface area contributed by atoms with Crippen LogP contribution in [0.15, 0.2) is 41.5 Å². The molecule has 0 bridgehead atoms. The molecular weight excluding hydrogens is 378 g/mol. The summed E-state index contributed by atoms with van der Waals surface area (Å²) >= 11 is 1.44. The third-order valence-electron chi connectivity index (χ3n) is 4.47. The molecule has 7 nitrogen and oxygen atoms in total. The van der Waals surface area contributed by atoms with Crippen LogP contribution in [-0.2, 0) is 20.9 Å². The lowest BCUT2D eigenvalue weighted by Crippen LogP contribution is -2.33. The zero-order chi connectivity index (χ0) is 20.4.